The lowest BCUT2D eigenvalue weighted by Crippen LogP contribution is -2.26. The van der Waals surface area contributed by atoms with Gasteiger partial charge in [0.2, 0.25) is 0 Å². The van der Waals surface area contributed by atoms with Crippen LogP contribution in [-0.2, 0) is 0 Å². The summed E-state index contributed by atoms with van der Waals surface area (Å²) in [7, 11) is 0. The maximum Gasteiger partial charge on any atom is 0.276 e. The number of hydrogen-bond acceptors (Lipinski definition) is 5. The molecule has 4 aromatic rings. The van der Waals surface area contributed by atoms with Crippen molar-refractivity contribution in [1.29, 1.82) is 0 Å². The van der Waals surface area contributed by atoms with Gasteiger partial charge in [0, 0.05) is 17.7 Å². The van der Waals surface area contributed by atoms with Gasteiger partial charge in [0.05, 0.1) is 18.8 Å². The van der Waals surface area contributed by atoms with Crippen molar-refractivity contribution < 1.29 is 18.0 Å². The molecule has 6 rings (SSSR count). The highest BCUT2D eigenvalue weighted by molar-refractivity contribution is 6.03. The number of fused-ring (bicyclic) bond motifs is 1. The van der Waals surface area contributed by atoms with E-state index in [1.54, 1.807) is 17.0 Å². The van der Waals surface area contributed by atoms with Crippen molar-refractivity contribution >= 4 is 23.1 Å². The van der Waals surface area contributed by atoms with E-state index < -0.39 is 29.8 Å². The van der Waals surface area contributed by atoms with Gasteiger partial charge in [-0.3, -0.25) is 4.79 Å². The van der Waals surface area contributed by atoms with E-state index in [4.69, 9.17) is 0 Å². The van der Waals surface area contributed by atoms with Crippen molar-refractivity contribution in [2.45, 2.75) is 37.4 Å². The molecule has 2 aliphatic rings. The van der Waals surface area contributed by atoms with Gasteiger partial charge < -0.3 is 15.5 Å². The summed E-state index contributed by atoms with van der Waals surface area (Å²) in [5.74, 6) is -0.740. The second kappa shape index (κ2) is 10.1. The van der Waals surface area contributed by atoms with E-state index in [0.29, 0.717) is 23.1 Å². The van der Waals surface area contributed by atoms with Crippen molar-refractivity contribution in [3.8, 4) is 0 Å². The summed E-state index contributed by atoms with van der Waals surface area (Å²) >= 11 is 0. The first kappa shape index (κ1) is 24.4. The van der Waals surface area contributed by atoms with E-state index in [-0.39, 0.29) is 24.2 Å². The fourth-order valence-corrected chi connectivity index (χ4v) is 5.46. The molecule has 2 aliphatic heterocycles. The molecule has 0 radical (unpaired) electrons. The Hall–Kier alpha value is -3.92. The summed E-state index contributed by atoms with van der Waals surface area (Å²) in [5, 5.41) is 10.8. The normalized spacial score (nSPS) is 20.2. The largest absolute Gasteiger partial charge is 0.345 e. The number of anilines is 2. The number of nitrogens with zero attached hydrogens (tertiary/aromatic N) is 4. The Morgan fingerprint density at radius 3 is 2.61 bits per heavy atom. The van der Waals surface area contributed by atoms with Gasteiger partial charge in [-0.2, -0.15) is 0 Å². The maximum atomic E-state index is 14.5. The Bertz CT molecular complexity index is 1470. The van der Waals surface area contributed by atoms with Crippen LogP contribution in [0.2, 0.25) is 0 Å². The molecule has 2 atom stereocenters. The third-order valence-electron chi connectivity index (χ3n) is 7.42. The van der Waals surface area contributed by atoms with E-state index in [2.05, 4.69) is 20.7 Å². The number of imidazole rings is 1. The number of benzene rings is 2. The summed E-state index contributed by atoms with van der Waals surface area (Å²) in [6.45, 7) is 1.99. The van der Waals surface area contributed by atoms with Crippen LogP contribution in [-0.4, -0.2) is 46.3 Å². The van der Waals surface area contributed by atoms with Crippen LogP contribution in [0.1, 0.15) is 52.8 Å². The van der Waals surface area contributed by atoms with Gasteiger partial charge in [-0.05, 0) is 79.9 Å². The van der Waals surface area contributed by atoms with Crippen molar-refractivity contribution in [1.82, 2.24) is 19.9 Å². The molecule has 2 fully saturated rings. The van der Waals surface area contributed by atoms with Crippen LogP contribution in [0, 0.1) is 11.6 Å². The number of aromatic nitrogens is 3. The zero-order valence-corrected chi connectivity index (χ0v) is 20.6. The molecule has 4 heterocycles. The molecule has 0 bridgehead atoms. The molecule has 1 amide bonds. The molecule has 2 saturated heterocycles. The van der Waals surface area contributed by atoms with Crippen LogP contribution in [0.3, 0.4) is 0 Å². The average molecular weight is 521 g/mol. The molecule has 7 nitrogen and oxygen atoms in total. The topological polar surface area (TPSA) is 74.6 Å². The molecule has 10 heteroatoms. The van der Waals surface area contributed by atoms with Crippen LogP contribution in [0.25, 0.3) is 5.65 Å². The van der Waals surface area contributed by atoms with Crippen molar-refractivity contribution in [2.75, 3.05) is 29.9 Å². The first-order valence-electron chi connectivity index (χ1n) is 12.8. The minimum absolute atomic E-state index is 0.00469. The molecule has 38 heavy (non-hydrogen) atoms. The van der Waals surface area contributed by atoms with Gasteiger partial charge in [0.25, 0.3) is 5.91 Å². The molecule has 0 unspecified atom stereocenters. The summed E-state index contributed by atoms with van der Waals surface area (Å²) in [6.07, 6.45) is 2.38. The highest BCUT2D eigenvalue weighted by atomic mass is 19.1. The van der Waals surface area contributed by atoms with Gasteiger partial charge in [0.15, 0.2) is 11.3 Å². The quantitative estimate of drug-likeness (QED) is 0.387. The van der Waals surface area contributed by atoms with E-state index in [9.17, 15) is 18.0 Å². The number of carbonyl (C=O) groups is 1. The highest BCUT2D eigenvalue weighted by Gasteiger charge is 2.36. The molecular weight excluding hydrogens is 493 g/mol. The number of alkyl halides is 1. The number of piperidine rings is 1. The van der Waals surface area contributed by atoms with Crippen molar-refractivity contribution in [2.24, 2.45) is 0 Å². The van der Waals surface area contributed by atoms with Gasteiger partial charge in [-0.25, -0.2) is 22.7 Å². The minimum Gasteiger partial charge on any atom is -0.345 e. The third-order valence-corrected chi connectivity index (χ3v) is 7.42. The Morgan fingerprint density at radius 2 is 1.82 bits per heavy atom. The van der Waals surface area contributed by atoms with Gasteiger partial charge in [-0.15, -0.1) is 5.10 Å². The van der Waals surface area contributed by atoms with Crippen molar-refractivity contribution in [3.05, 3.63) is 89.2 Å². The summed E-state index contributed by atoms with van der Waals surface area (Å²) in [5.41, 5.74) is 2.62. The number of nitrogens with one attached hydrogen (secondary N) is 2. The standard InChI is InChI=1S/C28H27F3N6O/c29-19-3-6-23(31)22(13-19)24-14-20(30)16-36(24)27-8-7-26-33-15-25(37(26)35-27)28(38)34-21-4-1-17(2-5-21)18-9-11-32-12-10-18/h1-8,13,15,18,20,24,32H,9-12,14,16H2,(H,34,38)/t20-,24+/m0/s1. The molecule has 0 spiro atoms. The summed E-state index contributed by atoms with van der Waals surface area (Å²) in [4.78, 5) is 19.0. The predicted octanol–water partition coefficient (Wildman–Crippen LogP) is 5.02. The SMILES string of the molecule is O=C(Nc1ccc(C2CCNCC2)cc1)c1cnc2ccc(N3C[C@@H](F)C[C@@H]3c3cc(F)ccc3F)nn12. The van der Waals surface area contributed by atoms with Crippen LogP contribution in [0.4, 0.5) is 24.7 Å². The Kier molecular flexibility index (Phi) is 6.49. The first-order valence-corrected chi connectivity index (χ1v) is 12.8. The maximum absolute atomic E-state index is 14.5. The lowest BCUT2D eigenvalue weighted by molar-refractivity contribution is 0.102. The van der Waals surface area contributed by atoms with Gasteiger partial charge in [0.1, 0.15) is 23.6 Å². The van der Waals surface area contributed by atoms with Crippen molar-refractivity contribution in [3.63, 3.8) is 0 Å². The van der Waals surface area contributed by atoms with E-state index in [0.717, 1.165) is 44.1 Å². The fourth-order valence-electron chi connectivity index (χ4n) is 5.46. The van der Waals surface area contributed by atoms with E-state index >= 15 is 0 Å². The Labute approximate surface area is 217 Å². The Morgan fingerprint density at radius 1 is 1.03 bits per heavy atom. The zero-order valence-electron chi connectivity index (χ0n) is 20.6. The zero-order chi connectivity index (χ0) is 26.2. The van der Waals surface area contributed by atoms with E-state index in [1.165, 1.54) is 16.3 Å². The van der Waals surface area contributed by atoms with Crippen LogP contribution in [0.5, 0.6) is 0 Å². The number of amides is 1. The molecule has 2 aromatic heterocycles. The lowest BCUT2D eigenvalue weighted by atomic mass is 9.90. The molecule has 0 aliphatic carbocycles. The molecule has 196 valence electrons. The van der Waals surface area contributed by atoms with E-state index in [1.807, 2.05) is 24.3 Å². The van der Waals surface area contributed by atoms with Crippen LogP contribution < -0.4 is 15.5 Å². The number of carbonyl (C=O) groups excluding carboxylic acids is 1. The predicted molar refractivity (Wildman–Crippen MR) is 138 cm³/mol. The molecule has 0 saturated carbocycles. The Balaban J connectivity index is 1.25. The monoisotopic (exact) mass is 520 g/mol. The van der Waals surface area contributed by atoms with Gasteiger partial charge in [-0.1, -0.05) is 12.1 Å². The third kappa shape index (κ3) is 4.71. The number of rotatable bonds is 5. The molecular formula is C28H27F3N6O. The second-order valence-corrected chi connectivity index (χ2v) is 9.87. The van der Waals surface area contributed by atoms with Crippen LogP contribution >= 0.6 is 0 Å². The smallest absolute Gasteiger partial charge is 0.276 e. The summed E-state index contributed by atoms with van der Waals surface area (Å²) < 4.78 is 44.3. The lowest BCUT2D eigenvalue weighted by Gasteiger charge is -2.26. The fraction of sp³-hybridized carbons (Fsp3) is 0.321. The van der Waals surface area contributed by atoms with Gasteiger partial charge >= 0.3 is 0 Å². The average Bonchev–Trinajstić information content (AvgIpc) is 3.54. The highest BCUT2D eigenvalue weighted by Crippen LogP contribution is 2.38. The molecule has 2 aromatic carbocycles. The molecule has 2 N–H and O–H groups in total. The number of halogens is 3. The first-order chi connectivity index (χ1) is 18.5. The number of hydrogen-bond donors (Lipinski definition) is 2. The summed E-state index contributed by atoms with van der Waals surface area (Å²) in [6, 6.07) is 13.6. The van der Waals surface area contributed by atoms with Crippen LogP contribution in [0.15, 0.2) is 60.8 Å². The minimum atomic E-state index is -1.24. The second-order valence-electron chi connectivity index (χ2n) is 9.87.